The van der Waals surface area contributed by atoms with Crippen molar-refractivity contribution < 1.29 is 4.79 Å². The molecular weight excluding hydrogens is 302 g/mol. The van der Waals surface area contributed by atoms with E-state index in [-0.39, 0.29) is 11.9 Å². The molecule has 3 rings (SSSR count). The van der Waals surface area contributed by atoms with E-state index in [9.17, 15) is 15.3 Å². The molecular formula is C18H21N5O. The van der Waals surface area contributed by atoms with Crippen LogP contribution in [-0.4, -0.2) is 49.1 Å². The maximum atomic E-state index is 12.2. The summed E-state index contributed by atoms with van der Waals surface area (Å²) in [5, 5.41) is 21.7. The summed E-state index contributed by atoms with van der Waals surface area (Å²) < 4.78 is 0. The van der Waals surface area contributed by atoms with Crippen molar-refractivity contribution in [2.75, 3.05) is 31.1 Å². The van der Waals surface area contributed by atoms with E-state index in [1.807, 2.05) is 6.92 Å². The van der Waals surface area contributed by atoms with E-state index in [0.717, 1.165) is 31.6 Å². The summed E-state index contributed by atoms with van der Waals surface area (Å²) in [6.07, 6.45) is 2.18. The molecule has 1 aliphatic heterocycles. The van der Waals surface area contributed by atoms with Crippen LogP contribution >= 0.6 is 0 Å². The number of nitrogens with one attached hydrogen (secondary N) is 1. The van der Waals surface area contributed by atoms with Gasteiger partial charge in [-0.1, -0.05) is 6.07 Å². The number of nitrogens with zero attached hydrogens (tertiary/aromatic N) is 4. The Hall–Kier alpha value is -2.57. The van der Waals surface area contributed by atoms with Gasteiger partial charge in [0.1, 0.15) is 12.1 Å². The maximum absolute atomic E-state index is 12.2. The molecule has 1 aliphatic carbocycles. The zero-order valence-electron chi connectivity index (χ0n) is 13.8. The number of hydrogen-bond acceptors (Lipinski definition) is 5. The Kier molecular flexibility index (Phi) is 4.69. The number of carbonyl (C=O) groups excluding carboxylic acids is 1. The van der Waals surface area contributed by atoms with Crippen LogP contribution in [0, 0.1) is 22.7 Å². The fraction of sp³-hybridized carbons (Fsp3) is 0.500. The number of amides is 1. The molecule has 1 saturated heterocycles. The van der Waals surface area contributed by atoms with Crippen molar-refractivity contribution in [1.29, 1.82) is 10.5 Å². The minimum absolute atomic E-state index is 0.0982. The summed E-state index contributed by atoms with van der Waals surface area (Å²) in [5.41, 5.74) is 1.78. The van der Waals surface area contributed by atoms with Gasteiger partial charge in [-0.2, -0.15) is 10.5 Å². The molecule has 0 spiro atoms. The average Bonchev–Trinajstić information content (AvgIpc) is 3.44. The molecule has 1 aromatic carbocycles. The lowest BCUT2D eigenvalue weighted by atomic mass is 10.1. The highest BCUT2D eigenvalue weighted by molar-refractivity contribution is 5.82. The third-order valence-electron chi connectivity index (χ3n) is 4.76. The SMILES string of the molecule is CC(C(=O)NC1CC1)N1CCN(c2c(C#N)cccc2C#N)CC1. The first-order valence-electron chi connectivity index (χ1n) is 8.36. The lowest BCUT2D eigenvalue weighted by molar-refractivity contribution is -0.126. The molecule has 6 nitrogen and oxygen atoms in total. The normalized spacial score (nSPS) is 19.2. The topological polar surface area (TPSA) is 83.2 Å². The first kappa shape index (κ1) is 16.3. The monoisotopic (exact) mass is 323 g/mol. The van der Waals surface area contributed by atoms with Crippen molar-refractivity contribution in [3.63, 3.8) is 0 Å². The zero-order valence-corrected chi connectivity index (χ0v) is 13.8. The molecule has 2 aliphatic rings. The fourth-order valence-electron chi connectivity index (χ4n) is 3.11. The Balaban J connectivity index is 1.66. The van der Waals surface area contributed by atoms with E-state index in [4.69, 9.17) is 0 Å². The van der Waals surface area contributed by atoms with Gasteiger partial charge < -0.3 is 10.2 Å². The Morgan fingerprint density at radius 3 is 2.25 bits per heavy atom. The van der Waals surface area contributed by atoms with E-state index >= 15 is 0 Å². The standard InChI is InChI=1S/C18H21N5O/c1-13(18(24)21-16-5-6-16)22-7-9-23(10-8-22)17-14(11-19)3-2-4-15(17)12-20/h2-4,13,16H,5-10H2,1H3,(H,21,24). The molecule has 1 atom stereocenters. The molecule has 1 saturated carbocycles. The lowest BCUT2D eigenvalue weighted by Gasteiger charge is -2.39. The minimum atomic E-state index is -0.144. The van der Waals surface area contributed by atoms with Crippen molar-refractivity contribution in [3.8, 4) is 12.1 Å². The largest absolute Gasteiger partial charge is 0.367 e. The van der Waals surface area contributed by atoms with Crippen LogP contribution in [0.2, 0.25) is 0 Å². The zero-order chi connectivity index (χ0) is 17.1. The Morgan fingerprint density at radius 1 is 1.17 bits per heavy atom. The smallest absolute Gasteiger partial charge is 0.237 e. The van der Waals surface area contributed by atoms with Gasteiger partial charge in [0.2, 0.25) is 5.91 Å². The molecule has 0 bridgehead atoms. The molecule has 6 heteroatoms. The number of piperazine rings is 1. The summed E-state index contributed by atoms with van der Waals surface area (Å²) >= 11 is 0. The van der Waals surface area contributed by atoms with Crippen molar-refractivity contribution in [1.82, 2.24) is 10.2 Å². The predicted molar refractivity (Wildman–Crippen MR) is 90.3 cm³/mol. The average molecular weight is 323 g/mol. The quantitative estimate of drug-likeness (QED) is 0.901. The molecule has 0 aromatic heterocycles. The second-order valence-electron chi connectivity index (χ2n) is 6.41. The molecule has 1 N–H and O–H groups in total. The molecule has 1 unspecified atom stereocenters. The van der Waals surface area contributed by atoms with Crippen LogP contribution < -0.4 is 10.2 Å². The van der Waals surface area contributed by atoms with Crippen molar-refractivity contribution in [2.45, 2.75) is 31.8 Å². The summed E-state index contributed by atoms with van der Waals surface area (Å²) in [6.45, 7) is 4.83. The molecule has 124 valence electrons. The number of benzene rings is 1. The molecule has 1 heterocycles. The fourth-order valence-corrected chi connectivity index (χ4v) is 3.11. The van der Waals surface area contributed by atoms with Gasteiger partial charge in [0.25, 0.3) is 0 Å². The number of hydrogen-bond donors (Lipinski definition) is 1. The van der Waals surface area contributed by atoms with Crippen LogP contribution in [0.1, 0.15) is 30.9 Å². The van der Waals surface area contributed by atoms with Gasteiger partial charge in [-0.3, -0.25) is 9.69 Å². The number of nitriles is 2. The maximum Gasteiger partial charge on any atom is 0.237 e. The van der Waals surface area contributed by atoms with E-state index < -0.39 is 0 Å². The van der Waals surface area contributed by atoms with Gasteiger partial charge in [0.15, 0.2) is 0 Å². The molecule has 1 amide bonds. The highest BCUT2D eigenvalue weighted by atomic mass is 16.2. The van der Waals surface area contributed by atoms with E-state index in [0.29, 0.717) is 30.3 Å². The predicted octanol–water partition coefficient (Wildman–Crippen LogP) is 1.22. The molecule has 24 heavy (non-hydrogen) atoms. The van der Waals surface area contributed by atoms with E-state index in [1.165, 1.54) is 0 Å². The summed E-state index contributed by atoms with van der Waals surface area (Å²) in [5.74, 6) is 0.0982. The first-order valence-corrected chi connectivity index (χ1v) is 8.36. The Bertz CT molecular complexity index is 673. The first-order chi connectivity index (χ1) is 11.6. The van der Waals surface area contributed by atoms with Crippen LogP contribution in [0.25, 0.3) is 0 Å². The summed E-state index contributed by atoms with van der Waals surface area (Å²) in [6, 6.07) is 9.81. The highest BCUT2D eigenvalue weighted by Crippen LogP contribution is 2.26. The van der Waals surface area contributed by atoms with Crippen LogP contribution in [0.15, 0.2) is 18.2 Å². The molecule has 1 aromatic rings. The van der Waals surface area contributed by atoms with Gasteiger partial charge in [-0.05, 0) is 31.9 Å². The third-order valence-corrected chi connectivity index (χ3v) is 4.76. The van der Waals surface area contributed by atoms with Crippen LogP contribution in [0.3, 0.4) is 0 Å². The second-order valence-corrected chi connectivity index (χ2v) is 6.41. The second kappa shape index (κ2) is 6.90. The van der Waals surface area contributed by atoms with E-state index in [1.54, 1.807) is 18.2 Å². The lowest BCUT2D eigenvalue weighted by Crippen LogP contribution is -2.54. The van der Waals surface area contributed by atoms with Crippen molar-refractivity contribution >= 4 is 11.6 Å². The van der Waals surface area contributed by atoms with Crippen molar-refractivity contribution in [2.24, 2.45) is 0 Å². The Morgan fingerprint density at radius 2 is 1.75 bits per heavy atom. The van der Waals surface area contributed by atoms with Crippen LogP contribution in [0.4, 0.5) is 5.69 Å². The number of para-hydroxylation sites is 1. The van der Waals surface area contributed by atoms with E-state index in [2.05, 4.69) is 27.3 Å². The number of rotatable bonds is 4. The van der Waals surface area contributed by atoms with Gasteiger partial charge in [-0.25, -0.2) is 0 Å². The van der Waals surface area contributed by atoms with Gasteiger partial charge in [0.05, 0.1) is 22.9 Å². The van der Waals surface area contributed by atoms with Gasteiger partial charge in [0, 0.05) is 32.2 Å². The molecule has 0 radical (unpaired) electrons. The summed E-state index contributed by atoms with van der Waals surface area (Å²) in [7, 11) is 0. The highest BCUT2D eigenvalue weighted by Gasteiger charge is 2.30. The molecule has 2 fully saturated rings. The third kappa shape index (κ3) is 3.34. The number of carbonyl (C=O) groups is 1. The Labute approximate surface area is 142 Å². The van der Waals surface area contributed by atoms with Crippen LogP contribution in [0.5, 0.6) is 0 Å². The van der Waals surface area contributed by atoms with Crippen LogP contribution in [-0.2, 0) is 4.79 Å². The van der Waals surface area contributed by atoms with Crippen molar-refractivity contribution in [3.05, 3.63) is 29.3 Å². The van der Waals surface area contributed by atoms with Gasteiger partial charge >= 0.3 is 0 Å². The number of anilines is 1. The summed E-state index contributed by atoms with van der Waals surface area (Å²) in [4.78, 5) is 16.4. The van der Waals surface area contributed by atoms with Gasteiger partial charge in [-0.15, -0.1) is 0 Å². The minimum Gasteiger partial charge on any atom is -0.367 e.